The zero-order valence-electron chi connectivity index (χ0n) is 14.3. The molecule has 0 aliphatic heterocycles. The summed E-state index contributed by atoms with van der Waals surface area (Å²) in [7, 11) is 0. The van der Waals surface area contributed by atoms with Gasteiger partial charge in [0.15, 0.2) is 0 Å². The van der Waals surface area contributed by atoms with Crippen molar-refractivity contribution in [1.82, 2.24) is 21.3 Å². The van der Waals surface area contributed by atoms with Crippen molar-refractivity contribution in [2.45, 2.75) is 53.5 Å². The third-order valence-corrected chi connectivity index (χ3v) is 2.75. The molecule has 0 aromatic carbocycles. The zero-order valence-corrected chi connectivity index (χ0v) is 21.1. The molecule has 0 aliphatic carbocycles. The minimum absolute atomic E-state index is 0. The molecular weight excluding hydrogens is 556 g/mol. The molecule has 0 rings (SSSR count). The first kappa shape index (κ1) is 39.7. The molecule has 0 fully saturated rings. The molecule has 4 nitrogen and oxygen atoms in total. The van der Waals surface area contributed by atoms with E-state index < -0.39 is 0 Å². The van der Waals surface area contributed by atoms with Crippen LogP contribution in [0.25, 0.3) is 0 Å². The minimum atomic E-state index is 0. The van der Waals surface area contributed by atoms with Crippen LogP contribution in [0.5, 0.6) is 0 Å². The highest BCUT2D eigenvalue weighted by atomic mass is 79.9. The molecule has 0 atom stereocenters. The molecule has 23 heavy (non-hydrogen) atoms. The van der Waals surface area contributed by atoms with Crippen molar-refractivity contribution in [2.24, 2.45) is 0 Å². The fourth-order valence-electron chi connectivity index (χ4n) is 1.71. The van der Waals surface area contributed by atoms with E-state index in [9.17, 15) is 0 Å². The Bertz CT molecular complexity index is 166. The van der Waals surface area contributed by atoms with Crippen molar-refractivity contribution < 1.29 is 0 Å². The molecule has 0 amide bonds. The lowest BCUT2D eigenvalue weighted by molar-refractivity contribution is 0.533. The summed E-state index contributed by atoms with van der Waals surface area (Å²) >= 11 is 0. The second-order valence-electron chi connectivity index (χ2n) is 5.02. The molecule has 0 aliphatic rings. The topological polar surface area (TPSA) is 48.1 Å². The largest absolute Gasteiger partial charge is 0.317 e. The molecule has 0 spiro atoms. The van der Waals surface area contributed by atoms with Crippen LogP contribution in [0.2, 0.25) is 0 Å². The molecule has 0 radical (unpaired) electrons. The van der Waals surface area contributed by atoms with E-state index in [1.807, 2.05) is 0 Å². The third kappa shape index (κ3) is 40.1. The normalized spacial score (nSPS) is 8.87. The Morgan fingerprint density at radius 3 is 1.30 bits per heavy atom. The van der Waals surface area contributed by atoms with Crippen LogP contribution < -0.4 is 21.3 Å². The van der Waals surface area contributed by atoms with Crippen molar-refractivity contribution >= 4 is 67.9 Å². The number of hydrogen-bond donors (Lipinski definition) is 4. The van der Waals surface area contributed by atoms with Crippen molar-refractivity contribution in [3.8, 4) is 0 Å². The maximum Gasteiger partial charge on any atom is 0.00103 e. The van der Waals surface area contributed by atoms with Gasteiger partial charge in [0.2, 0.25) is 0 Å². The molecular formula is C15H42Br4N4. The van der Waals surface area contributed by atoms with Crippen LogP contribution in [-0.2, 0) is 0 Å². The predicted molar refractivity (Wildman–Crippen MR) is 129 cm³/mol. The van der Waals surface area contributed by atoms with Gasteiger partial charge in [-0.15, -0.1) is 67.9 Å². The van der Waals surface area contributed by atoms with Gasteiger partial charge >= 0.3 is 0 Å². The zero-order chi connectivity index (χ0) is 13.5. The average molecular weight is 598 g/mol. The summed E-state index contributed by atoms with van der Waals surface area (Å²) in [6.07, 6.45) is 3.66. The second-order valence-corrected chi connectivity index (χ2v) is 5.02. The standard InChI is InChI=1S/C14H34N4.CH4.4BrH/c1-4-15-8-5-9-16-10-6-11-17-12-7-13-18-14(2)3;;;;;/h14-18H,4-13H2,1-3H3;1H4;4*1H. The minimum Gasteiger partial charge on any atom is -0.317 e. The SMILES string of the molecule is Br.Br.Br.Br.C.CCNCCCNCCCNCCCNC(C)C. The second kappa shape index (κ2) is 35.0. The van der Waals surface area contributed by atoms with Crippen LogP contribution in [0.15, 0.2) is 0 Å². The van der Waals surface area contributed by atoms with Crippen LogP contribution in [-0.4, -0.2) is 51.9 Å². The van der Waals surface area contributed by atoms with Gasteiger partial charge in [-0.1, -0.05) is 28.2 Å². The van der Waals surface area contributed by atoms with E-state index in [1.54, 1.807) is 0 Å². The first-order valence-corrected chi connectivity index (χ1v) is 7.63. The van der Waals surface area contributed by atoms with Gasteiger partial charge in [-0.25, -0.2) is 0 Å². The van der Waals surface area contributed by atoms with Crippen LogP contribution >= 0.6 is 67.9 Å². The summed E-state index contributed by atoms with van der Waals surface area (Å²) in [6.45, 7) is 14.4. The lowest BCUT2D eigenvalue weighted by Crippen LogP contribution is -2.28. The van der Waals surface area contributed by atoms with Crippen LogP contribution in [0.1, 0.15) is 47.5 Å². The van der Waals surface area contributed by atoms with E-state index in [1.165, 1.54) is 19.3 Å². The summed E-state index contributed by atoms with van der Waals surface area (Å²) < 4.78 is 0. The number of halogens is 4. The lowest BCUT2D eigenvalue weighted by Gasteiger charge is -2.09. The smallest absolute Gasteiger partial charge is 0.00103 e. The van der Waals surface area contributed by atoms with E-state index in [0.717, 1.165) is 45.8 Å². The summed E-state index contributed by atoms with van der Waals surface area (Å²) in [5.74, 6) is 0. The van der Waals surface area contributed by atoms with E-state index in [-0.39, 0.29) is 75.4 Å². The van der Waals surface area contributed by atoms with Gasteiger partial charge in [-0.3, -0.25) is 0 Å². The fourth-order valence-corrected chi connectivity index (χ4v) is 1.71. The Morgan fingerprint density at radius 2 is 0.957 bits per heavy atom. The van der Waals surface area contributed by atoms with Crippen LogP contribution in [0, 0.1) is 0 Å². The van der Waals surface area contributed by atoms with Gasteiger partial charge in [0.25, 0.3) is 0 Å². The Morgan fingerprint density at radius 1 is 0.609 bits per heavy atom. The van der Waals surface area contributed by atoms with Crippen LogP contribution in [0.4, 0.5) is 0 Å². The van der Waals surface area contributed by atoms with E-state index in [0.29, 0.717) is 6.04 Å². The van der Waals surface area contributed by atoms with Crippen molar-refractivity contribution in [3.63, 3.8) is 0 Å². The molecule has 150 valence electrons. The quantitative estimate of drug-likeness (QED) is 0.230. The maximum atomic E-state index is 3.48. The Labute approximate surface area is 187 Å². The molecule has 8 heteroatoms. The summed E-state index contributed by atoms with van der Waals surface area (Å²) in [5.41, 5.74) is 0. The van der Waals surface area contributed by atoms with Gasteiger partial charge in [0.1, 0.15) is 0 Å². The van der Waals surface area contributed by atoms with Crippen LogP contribution in [0.3, 0.4) is 0 Å². The molecule has 4 N–H and O–H groups in total. The maximum absolute atomic E-state index is 3.48. The first-order chi connectivity index (χ1) is 8.77. The van der Waals surface area contributed by atoms with Gasteiger partial charge in [-0.2, -0.15) is 0 Å². The molecule has 0 aromatic heterocycles. The Kier molecular flexibility index (Phi) is 60.4. The molecule has 0 saturated carbocycles. The third-order valence-electron chi connectivity index (χ3n) is 2.75. The van der Waals surface area contributed by atoms with Crippen molar-refractivity contribution in [2.75, 3.05) is 45.8 Å². The fraction of sp³-hybridized carbons (Fsp3) is 1.00. The van der Waals surface area contributed by atoms with E-state index >= 15 is 0 Å². The van der Waals surface area contributed by atoms with E-state index in [2.05, 4.69) is 42.0 Å². The van der Waals surface area contributed by atoms with Gasteiger partial charge in [0, 0.05) is 6.04 Å². The molecule has 0 unspecified atom stereocenters. The van der Waals surface area contributed by atoms with Crippen molar-refractivity contribution in [1.29, 1.82) is 0 Å². The van der Waals surface area contributed by atoms with Gasteiger partial charge < -0.3 is 21.3 Å². The summed E-state index contributed by atoms with van der Waals surface area (Å²) in [6, 6.07) is 0.608. The highest BCUT2D eigenvalue weighted by molar-refractivity contribution is 8.93. The molecule has 0 heterocycles. The summed E-state index contributed by atoms with van der Waals surface area (Å²) in [4.78, 5) is 0. The van der Waals surface area contributed by atoms with Gasteiger partial charge in [0.05, 0.1) is 0 Å². The highest BCUT2D eigenvalue weighted by Crippen LogP contribution is 1.80. The summed E-state index contributed by atoms with van der Waals surface area (Å²) in [5, 5.41) is 13.7. The van der Waals surface area contributed by atoms with E-state index in [4.69, 9.17) is 0 Å². The van der Waals surface area contributed by atoms with Crippen molar-refractivity contribution in [3.05, 3.63) is 0 Å². The number of nitrogens with one attached hydrogen (secondary N) is 4. The average Bonchev–Trinajstić information content (AvgIpc) is 2.34. The molecule has 0 bridgehead atoms. The number of hydrogen-bond acceptors (Lipinski definition) is 4. The predicted octanol–water partition coefficient (Wildman–Crippen LogP) is 3.89. The molecule has 0 saturated heterocycles. The molecule has 0 aromatic rings. The first-order valence-electron chi connectivity index (χ1n) is 7.63. The van der Waals surface area contributed by atoms with Gasteiger partial charge in [-0.05, 0) is 65.1 Å². The monoisotopic (exact) mass is 594 g/mol. The Hall–Kier alpha value is 1.76. The number of rotatable bonds is 14. The highest BCUT2D eigenvalue weighted by Gasteiger charge is 1.92. The lowest BCUT2D eigenvalue weighted by atomic mass is 10.3. The Balaban J connectivity index is -0.000000144.